The van der Waals surface area contributed by atoms with E-state index in [4.69, 9.17) is 5.73 Å². The van der Waals surface area contributed by atoms with E-state index in [2.05, 4.69) is 33.7 Å². The Balaban J connectivity index is 1.55. The predicted molar refractivity (Wildman–Crippen MR) is 117 cm³/mol. The van der Waals surface area contributed by atoms with Crippen LogP contribution in [0, 0.1) is 23.1 Å². The third kappa shape index (κ3) is 5.29. The van der Waals surface area contributed by atoms with Gasteiger partial charge in [-0.3, -0.25) is 4.99 Å². The SMILES string of the molecule is CN=C(NCCCc1nn(-c2ccc(F)cc2)c(N)c1C#N)NC1CCC(C)CC1. The average Bonchev–Trinajstić information content (AvgIpc) is 3.07. The fraction of sp³-hybridized carbons (Fsp3) is 0.500. The van der Waals surface area contributed by atoms with Gasteiger partial charge in [-0.25, -0.2) is 9.07 Å². The minimum absolute atomic E-state index is 0.274. The summed E-state index contributed by atoms with van der Waals surface area (Å²) in [6.45, 7) is 3.01. The Morgan fingerprint density at radius 2 is 2.00 bits per heavy atom. The van der Waals surface area contributed by atoms with Gasteiger partial charge in [-0.2, -0.15) is 10.4 Å². The molecule has 0 atom stereocenters. The average molecular weight is 412 g/mol. The van der Waals surface area contributed by atoms with Crippen LogP contribution in [0.3, 0.4) is 0 Å². The van der Waals surface area contributed by atoms with Crippen molar-refractivity contribution >= 4 is 11.8 Å². The van der Waals surface area contributed by atoms with E-state index in [1.165, 1.54) is 42.5 Å². The van der Waals surface area contributed by atoms with Gasteiger partial charge in [-0.15, -0.1) is 0 Å². The van der Waals surface area contributed by atoms with Crippen molar-refractivity contribution in [2.24, 2.45) is 10.9 Å². The van der Waals surface area contributed by atoms with Crippen molar-refractivity contribution in [3.8, 4) is 11.8 Å². The van der Waals surface area contributed by atoms with E-state index in [0.717, 1.165) is 18.3 Å². The number of guanidine groups is 1. The highest BCUT2D eigenvalue weighted by atomic mass is 19.1. The lowest BCUT2D eigenvalue weighted by atomic mass is 9.87. The van der Waals surface area contributed by atoms with E-state index in [9.17, 15) is 9.65 Å². The Kier molecular flexibility index (Phi) is 7.28. The zero-order valence-corrected chi connectivity index (χ0v) is 17.7. The first-order valence-corrected chi connectivity index (χ1v) is 10.5. The second-order valence-corrected chi connectivity index (χ2v) is 7.91. The van der Waals surface area contributed by atoms with Gasteiger partial charge < -0.3 is 16.4 Å². The number of aliphatic imine (C=N–C) groups is 1. The van der Waals surface area contributed by atoms with E-state index in [-0.39, 0.29) is 11.6 Å². The van der Waals surface area contributed by atoms with Crippen LogP contribution in [0.4, 0.5) is 10.2 Å². The molecule has 1 aliphatic rings. The van der Waals surface area contributed by atoms with E-state index in [0.29, 0.717) is 36.0 Å². The molecule has 1 fully saturated rings. The molecule has 1 heterocycles. The summed E-state index contributed by atoms with van der Waals surface area (Å²) in [4.78, 5) is 4.32. The maximum absolute atomic E-state index is 13.2. The van der Waals surface area contributed by atoms with Gasteiger partial charge in [-0.05, 0) is 68.7 Å². The van der Waals surface area contributed by atoms with Crippen molar-refractivity contribution < 1.29 is 4.39 Å². The highest BCUT2D eigenvalue weighted by Crippen LogP contribution is 2.23. The molecular weight excluding hydrogens is 381 g/mol. The minimum Gasteiger partial charge on any atom is -0.382 e. The van der Waals surface area contributed by atoms with Crippen molar-refractivity contribution in [2.45, 2.75) is 51.5 Å². The zero-order valence-electron chi connectivity index (χ0n) is 17.7. The van der Waals surface area contributed by atoms with Crippen LogP contribution in [-0.4, -0.2) is 35.4 Å². The largest absolute Gasteiger partial charge is 0.382 e. The minimum atomic E-state index is -0.332. The predicted octanol–water partition coefficient (Wildman–Crippen LogP) is 3.14. The fourth-order valence-electron chi connectivity index (χ4n) is 3.81. The number of nitrogens with one attached hydrogen (secondary N) is 2. The van der Waals surface area contributed by atoms with Gasteiger partial charge in [0.25, 0.3) is 0 Å². The number of aryl methyl sites for hydroxylation is 1. The first kappa shape index (κ1) is 21.6. The second kappa shape index (κ2) is 10.1. The summed E-state index contributed by atoms with van der Waals surface area (Å²) >= 11 is 0. The molecular formula is C22H30FN7. The van der Waals surface area contributed by atoms with Crippen molar-refractivity contribution in [1.29, 1.82) is 5.26 Å². The second-order valence-electron chi connectivity index (χ2n) is 7.91. The summed E-state index contributed by atoms with van der Waals surface area (Å²) in [7, 11) is 1.78. The maximum Gasteiger partial charge on any atom is 0.191 e. The van der Waals surface area contributed by atoms with Gasteiger partial charge in [0.2, 0.25) is 0 Å². The lowest BCUT2D eigenvalue weighted by Crippen LogP contribution is -2.45. The Bertz CT molecular complexity index is 903. The molecule has 8 heteroatoms. The van der Waals surface area contributed by atoms with Crippen molar-refractivity contribution in [1.82, 2.24) is 20.4 Å². The van der Waals surface area contributed by atoms with Gasteiger partial charge >= 0.3 is 0 Å². The Labute approximate surface area is 177 Å². The number of hydrogen-bond donors (Lipinski definition) is 3. The summed E-state index contributed by atoms with van der Waals surface area (Å²) in [6.07, 6.45) is 6.23. The number of nitrogen functional groups attached to an aromatic ring is 1. The van der Waals surface area contributed by atoms with E-state index < -0.39 is 0 Å². The van der Waals surface area contributed by atoms with E-state index in [1.807, 2.05) is 0 Å². The highest BCUT2D eigenvalue weighted by Gasteiger charge is 2.19. The first-order chi connectivity index (χ1) is 14.5. The van der Waals surface area contributed by atoms with Gasteiger partial charge in [0.1, 0.15) is 23.3 Å². The number of halogens is 1. The molecule has 160 valence electrons. The zero-order chi connectivity index (χ0) is 21.5. The molecule has 1 aromatic heterocycles. The van der Waals surface area contributed by atoms with Crippen molar-refractivity contribution in [2.75, 3.05) is 19.3 Å². The number of aromatic nitrogens is 2. The third-order valence-electron chi connectivity index (χ3n) is 5.64. The van der Waals surface area contributed by atoms with Crippen LogP contribution >= 0.6 is 0 Å². The number of nitrogens with zero attached hydrogens (tertiary/aromatic N) is 4. The van der Waals surface area contributed by atoms with Crippen LogP contribution in [0.25, 0.3) is 5.69 Å². The number of rotatable bonds is 6. The number of nitriles is 1. The molecule has 1 aliphatic carbocycles. The molecule has 0 saturated heterocycles. The first-order valence-electron chi connectivity index (χ1n) is 10.5. The molecule has 7 nitrogen and oxygen atoms in total. The van der Waals surface area contributed by atoms with Gasteiger partial charge in [0, 0.05) is 19.6 Å². The van der Waals surface area contributed by atoms with Crippen molar-refractivity contribution in [3.05, 3.63) is 41.3 Å². The van der Waals surface area contributed by atoms with E-state index >= 15 is 0 Å². The fourth-order valence-corrected chi connectivity index (χ4v) is 3.81. The van der Waals surface area contributed by atoms with Crippen molar-refractivity contribution in [3.63, 3.8) is 0 Å². The van der Waals surface area contributed by atoms with Crippen LogP contribution < -0.4 is 16.4 Å². The molecule has 0 bridgehead atoms. The van der Waals surface area contributed by atoms with Crippen LogP contribution in [0.5, 0.6) is 0 Å². The topological polar surface area (TPSA) is 104 Å². The summed E-state index contributed by atoms with van der Waals surface area (Å²) < 4.78 is 14.7. The number of benzene rings is 1. The number of hydrogen-bond acceptors (Lipinski definition) is 4. The highest BCUT2D eigenvalue weighted by molar-refractivity contribution is 5.79. The summed E-state index contributed by atoms with van der Waals surface area (Å²) in [5.74, 6) is 1.57. The quantitative estimate of drug-likeness (QED) is 0.385. The van der Waals surface area contributed by atoms with Crippen LogP contribution in [-0.2, 0) is 6.42 Å². The Hall–Kier alpha value is -3.08. The molecule has 0 radical (unpaired) electrons. The molecule has 0 aliphatic heterocycles. The molecule has 30 heavy (non-hydrogen) atoms. The smallest absolute Gasteiger partial charge is 0.191 e. The normalized spacial score (nSPS) is 19.3. The van der Waals surface area contributed by atoms with Gasteiger partial charge in [-0.1, -0.05) is 6.92 Å². The Morgan fingerprint density at radius 3 is 2.63 bits per heavy atom. The van der Waals surface area contributed by atoms with Gasteiger partial charge in [0.15, 0.2) is 5.96 Å². The summed E-state index contributed by atoms with van der Waals surface area (Å²) in [5, 5.41) is 20.8. The number of nitrogens with two attached hydrogens (primary N) is 1. The van der Waals surface area contributed by atoms with Crippen LogP contribution in [0.2, 0.25) is 0 Å². The van der Waals surface area contributed by atoms with Crippen LogP contribution in [0.15, 0.2) is 29.3 Å². The van der Waals surface area contributed by atoms with E-state index in [1.54, 1.807) is 19.2 Å². The molecule has 3 rings (SSSR count). The summed E-state index contributed by atoms with van der Waals surface area (Å²) in [5.41, 5.74) is 7.76. The molecule has 0 amide bonds. The molecule has 1 aromatic carbocycles. The third-order valence-corrected chi connectivity index (χ3v) is 5.64. The molecule has 2 aromatic rings. The van der Waals surface area contributed by atoms with Gasteiger partial charge in [0.05, 0.1) is 11.4 Å². The molecule has 4 N–H and O–H groups in total. The monoisotopic (exact) mass is 411 g/mol. The number of anilines is 1. The van der Waals surface area contributed by atoms with Crippen LogP contribution in [0.1, 0.15) is 50.3 Å². The Morgan fingerprint density at radius 1 is 1.30 bits per heavy atom. The maximum atomic E-state index is 13.2. The summed E-state index contributed by atoms with van der Waals surface area (Å²) in [6, 6.07) is 8.49. The standard InChI is InChI=1S/C22H30FN7/c1-15-5-9-17(10-6-15)28-22(26-2)27-13-3-4-20-19(14-24)21(25)30(29-20)18-11-7-16(23)8-12-18/h7-8,11-12,15,17H,3-6,9-10,13,25H2,1-2H3,(H2,26,27,28). The lowest BCUT2D eigenvalue weighted by molar-refractivity contribution is 0.329. The molecule has 1 saturated carbocycles. The lowest BCUT2D eigenvalue weighted by Gasteiger charge is -2.28. The molecule has 0 spiro atoms. The molecule has 0 unspecified atom stereocenters.